The van der Waals surface area contributed by atoms with E-state index in [1.165, 1.54) is 12.2 Å². The Morgan fingerprint density at radius 1 is 1.10 bits per heavy atom. The first-order chi connectivity index (χ1) is 9.75. The molecule has 0 amide bonds. The van der Waals surface area contributed by atoms with Crippen molar-refractivity contribution in [3.05, 3.63) is 59.7 Å². The zero-order valence-electron chi connectivity index (χ0n) is 11.4. The van der Waals surface area contributed by atoms with E-state index < -0.39 is 5.97 Å². The van der Waals surface area contributed by atoms with Gasteiger partial charge in [-0.05, 0) is 42.9 Å². The Labute approximate surface area is 118 Å². The van der Waals surface area contributed by atoms with Gasteiger partial charge < -0.3 is 4.74 Å². The summed E-state index contributed by atoms with van der Waals surface area (Å²) in [5.41, 5.74) is 1.74. The van der Waals surface area contributed by atoms with E-state index in [9.17, 15) is 9.59 Å². The van der Waals surface area contributed by atoms with Crippen LogP contribution in [0.4, 0.5) is 0 Å². The molecular weight excluding hydrogens is 252 g/mol. The van der Waals surface area contributed by atoms with Crippen LogP contribution in [-0.4, -0.2) is 11.8 Å². The molecule has 1 aromatic carbocycles. The Hall–Kier alpha value is -2.16. The maximum Gasteiger partial charge on any atom is 0.331 e. The van der Waals surface area contributed by atoms with Crippen LogP contribution in [0.25, 0.3) is 0 Å². The van der Waals surface area contributed by atoms with Gasteiger partial charge in [0.15, 0.2) is 5.78 Å². The number of benzene rings is 1. The van der Waals surface area contributed by atoms with Crippen molar-refractivity contribution >= 4 is 11.8 Å². The van der Waals surface area contributed by atoms with Gasteiger partial charge in [-0.3, -0.25) is 4.79 Å². The third-order valence-corrected chi connectivity index (χ3v) is 3.20. The molecule has 20 heavy (non-hydrogen) atoms. The summed E-state index contributed by atoms with van der Waals surface area (Å²) in [6, 6.07) is 9.45. The molecule has 0 N–H and O–H groups in total. The van der Waals surface area contributed by atoms with Crippen molar-refractivity contribution in [2.75, 3.05) is 0 Å². The number of esters is 1. The van der Waals surface area contributed by atoms with E-state index >= 15 is 0 Å². The quantitative estimate of drug-likeness (QED) is 0.608. The molecule has 0 radical (unpaired) electrons. The highest BCUT2D eigenvalue weighted by Gasteiger charge is 2.10. The van der Waals surface area contributed by atoms with E-state index in [0.29, 0.717) is 0 Å². The van der Waals surface area contributed by atoms with Crippen molar-refractivity contribution in [3.8, 4) is 0 Å². The third-order valence-electron chi connectivity index (χ3n) is 3.20. The predicted molar refractivity (Wildman–Crippen MR) is 76.9 cm³/mol. The van der Waals surface area contributed by atoms with Gasteiger partial charge in [-0.1, -0.05) is 36.4 Å². The molecule has 0 fully saturated rings. The molecule has 1 aliphatic rings. The van der Waals surface area contributed by atoms with Gasteiger partial charge in [0, 0.05) is 6.08 Å². The molecule has 0 atom stereocenters. The molecule has 0 saturated carbocycles. The molecule has 2 rings (SSSR count). The second-order valence-corrected chi connectivity index (χ2v) is 4.77. The average molecular weight is 270 g/mol. The van der Waals surface area contributed by atoms with Crippen LogP contribution in [0.15, 0.2) is 54.1 Å². The molecule has 0 saturated heterocycles. The van der Waals surface area contributed by atoms with Gasteiger partial charge in [0.1, 0.15) is 6.61 Å². The van der Waals surface area contributed by atoms with E-state index in [4.69, 9.17) is 4.74 Å². The van der Waals surface area contributed by atoms with Gasteiger partial charge >= 0.3 is 5.97 Å². The van der Waals surface area contributed by atoms with Crippen molar-refractivity contribution < 1.29 is 14.3 Å². The smallest absolute Gasteiger partial charge is 0.331 e. The Balaban J connectivity index is 1.80. The Kier molecular flexibility index (Phi) is 5.30. The molecule has 0 spiro atoms. The van der Waals surface area contributed by atoms with Crippen LogP contribution in [0.3, 0.4) is 0 Å². The number of hydrogen-bond donors (Lipinski definition) is 0. The lowest BCUT2D eigenvalue weighted by atomic mass is 9.96. The zero-order valence-corrected chi connectivity index (χ0v) is 11.4. The lowest BCUT2D eigenvalue weighted by Crippen LogP contribution is -2.05. The molecule has 0 aliphatic heterocycles. The highest BCUT2D eigenvalue weighted by molar-refractivity contribution is 6.06. The zero-order chi connectivity index (χ0) is 14.2. The van der Waals surface area contributed by atoms with Gasteiger partial charge in [0.25, 0.3) is 0 Å². The standard InChI is InChI=1S/C17H18O3/c18-16(15-9-5-2-6-10-15)11-12-17(19)20-13-14-7-3-1-4-8-14/h1,3-4,7-9,11-12H,2,5-6,10,13H2/b12-11-. The van der Waals surface area contributed by atoms with Gasteiger partial charge in [-0.15, -0.1) is 0 Å². The molecule has 0 unspecified atom stereocenters. The SMILES string of the molecule is O=C(/C=C\C(=O)C1=CCCCC1)OCc1ccccc1. The summed E-state index contributed by atoms with van der Waals surface area (Å²) in [7, 11) is 0. The molecule has 3 nitrogen and oxygen atoms in total. The summed E-state index contributed by atoms with van der Waals surface area (Å²) in [4.78, 5) is 23.3. The Morgan fingerprint density at radius 2 is 1.90 bits per heavy atom. The van der Waals surface area contributed by atoms with Gasteiger partial charge in [0.2, 0.25) is 0 Å². The molecule has 0 bridgehead atoms. The van der Waals surface area contributed by atoms with Crippen LogP contribution in [0.5, 0.6) is 0 Å². The number of hydrogen-bond acceptors (Lipinski definition) is 3. The lowest BCUT2D eigenvalue weighted by molar-refractivity contribution is -0.139. The molecule has 1 aliphatic carbocycles. The Morgan fingerprint density at radius 3 is 2.60 bits per heavy atom. The van der Waals surface area contributed by atoms with Crippen LogP contribution >= 0.6 is 0 Å². The summed E-state index contributed by atoms with van der Waals surface area (Å²) in [6.07, 6.45) is 8.43. The first-order valence-electron chi connectivity index (χ1n) is 6.88. The second-order valence-electron chi connectivity index (χ2n) is 4.77. The van der Waals surface area contributed by atoms with Crippen LogP contribution in [0, 0.1) is 0 Å². The van der Waals surface area contributed by atoms with Gasteiger partial charge in [0.05, 0.1) is 0 Å². The van der Waals surface area contributed by atoms with E-state index in [2.05, 4.69) is 0 Å². The van der Waals surface area contributed by atoms with Crippen molar-refractivity contribution in [1.82, 2.24) is 0 Å². The monoisotopic (exact) mass is 270 g/mol. The summed E-state index contributed by atoms with van der Waals surface area (Å²) < 4.78 is 5.07. The molecular formula is C17H18O3. The summed E-state index contributed by atoms with van der Waals surface area (Å²) in [5, 5.41) is 0. The van der Waals surface area contributed by atoms with Crippen LogP contribution in [0.1, 0.15) is 31.2 Å². The van der Waals surface area contributed by atoms with Crippen molar-refractivity contribution in [1.29, 1.82) is 0 Å². The van der Waals surface area contributed by atoms with Crippen LogP contribution in [-0.2, 0) is 20.9 Å². The van der Waals surface area contributed by atoms with Crippen molar-refractivity contribution in [2.24, 2.45) is 0 Å². The first kappa shape index (κ1) is 14.3. The van der Waals surface area contributed by atoms with Crippen molar-refractivity contribution in [3.63, 3.8) is 0 Å². The fraction of sp³-hybridized carbons (Fsp3) is 0.294. The van der Waals surface area contributed by atoms with Gasteiger partial charge in [-0.2, -0.15) is 0 Å². The third kappa shape index (κ3) is 4.50. The Bertz CT molecular complexity index is 526. The second kappa shape index (κ2) is 7.43. The fourth-order valence-corrected chi connectivity index (χ4v) is 2.09. The van der Waals surface area contributed by atoms with Crippen molar-refractivity contribution in [2.45, 2.75) is 32.3 Å². The molecule has 0 heterocycles. The van der Waals surface area contributed by atoms with Crippen LogP contribution in [0.2, 0.25) is 0 Å². The van der Waals surface area contributed by atoms with E-state index in [1.807, 2.05) is 36.4 Å². The number of ether oxygens (including phenoxy) is 1. The normalized spacial score (nSPS) is 14.9. The lowest BCUT2D eigenvalue weighted by Gasteiger charge is -2.08. The number of carbonyl (C=O) groups excluding carboxylic acids is 2. The number of carbonyl (C=O) groups is 2. The topological polar surface area (TPSA) is 43.4 Å². The maximum atomic E-state index is 11.8. The largest absolute Gasteiger partial charge is 0.458 e. The highest BCUT2D eigenvalue weighted by atomic mass is 16.5. The minimum Gasteiger partial charge on any atom is -0.458 e. The van der Waals surface area contributed by atoms with E-state index in [1.54, 1.807) is 0 Å². The van der Waals surface area contributed by atoms with Gasteiger partial charge in [-0.25, -0.2) is 4.79 Å². The maximum absolute atomic E-state index is 11.8. The minimum atomic E-state index is -0.487. The number of rotatable bonds is 5. The first-order valence-corrected chi connectivity index (χ1v) is 6.88. The van der Waals surface area contributed by atoms with E-state index in [-0.39, 0.29) is 12.4 Å². The minimum absolute atomic E-state index is 0.0821. The molecule has 104 valence electrons. The molecule has 0 aromatic heterocycles. The summed E-state index contributed by atoms with van der Waals surface area (Å²) >= 11 is 0. The highest BCUT2D eigenvalue weighted by Crippen LogP contribution is 2.18. The summed E-state index contributed by atoms with van der Waals surface area (Å²) in [5.74, 6) is -0.569. The number of allylic oxidation sites excluding steroid dienone is 3. The molecule has 3 heteroatoms. The predicted octanol–water partition coefficient (Wildman–Crippen LogP) is 3.36. The molecule has 1 aromatic rings. The number of ketones is 1. The summed E-state index contributed by atoms with van der Waals surface area (Å²) in [6.45, 7) is 0.223. The van der Waals surface area contributed by atoms with Crippen LogP contribution < -0.4 is 0 Å². The fourth-order valence-electron chi connectivity index (χ4n) is 2.09. The average Bonchev–Trinajstić information content (AvgIpc) is 2.52. The van der Waals surface area contributed by atoms with E-state index in [0.717, 1.165) is 36.8 Å².